The molecule has 0 fully saturated rings. The van der Waals surface area contributed by atoms with Gasteiger partial charge in [-0.25, -0.2) is 4.98 Å². The molecule has 0 aliphatic rings. The van der Waals surface area contributed by atoms with E-state index in [0.717, 1.165) is 5.69 Å². The Morgan fingerprint density at radius 1 is 1.18 bits per heavy atom. The first kappa shape index (κ1) is 11.3. The van der Waals surface area contributed by atoms with Crippen molar-refractivity contribution in [1.29, 1.82) is 0 Å². The number of carbonyl (C=O) groups excluding carboxylic acids is 1. The third-order valence-electron chi connectivity index (χ3n) is 2.42. The van der Waals surface area contributed by atoms with Gasteiger partial charge in [0.1, 0.15) is 0 Å². The quantitative estimate of drug-likeness (QED) is 0.742. The van der Waals surface area contributed by atoms with Crippen LogP contribution in [0, 0.1) is 5.95 Å². The zero-order valence-electron chi connectivity index (χ0n) is 9.30. The van der Waals surface area contributed by atoms with Crippen LogP contribution in [0.25, 0.3) is 0 Å². The van der Waals surface area contributed by atoms with Crippen molar-refractivity contribution in [1.82, 2.24) is 4.98 Å². The Kier molecular flexibility index (Phi) is 3.14. The molecule has 0 bridgehead atoms. The van der Waals surface area contributed by atoms with Gasteiger partial charge in [-0.3, -0.25) is 4.79 Å². The Morgan fingerprint density at radius 2 is 1.88 bits per heavy atom. The summed E-state index contributed by atoms with van der Waals surface area (Å²) in [6, 6.07) is 11.8. The Morgan fingerprint density at radius 3 is 2.47 bits per heavy atom. The molecule has 3 nitrogen and oxygen atoms in total. The summed E-state index contributed by atoms with van der Waals surface area (Å²) < 4.78 is 12.6. The van der Waals surface area contributed by atoms with Crippen LogP contribution in [0.1, 0.15) is 10.4 Å². The van der Waals surface area contributed by atoms with Crippen LogP contribution in [0.3, 0.4) is 0 Å². The molecule has 0 saturated heterocycles. The zero-order chi connectivity index (χ0) is 12.3. The highest BCUT2D eigenvalue weighted by atomic mass is 19.1. The van der Waals surface area contributed by atoms with Crippen molar-refractivity contribution in [3.63, 3.8) is 0 Å². The van der Waals surface area contributed by atoms with E-state index < -0.39 is 5.95 Å². The van der Waals surface area contributed by atoms with E-state index in [2.05, 4.69) is 4.98 Å². The minimum absolute atomic E-state index is 0.219. The molecule has 17 heavy (non-hydrogen) atoms. The molecule has 0 spiro atoms. The fourth-order valence-corrected chi connectivity index (χ4v) is 1.46. The summed E-state index contributed by atoms with van der Waals surface area (Å²) in [6.45, 7) is 0. The van der Waals surface area contributed by atoms with Gasteiger partial charge < -0.3 is 4.90 Å². The topological polar surface area (TPSA) is 33.2 Å². The summed E-state index contributed by atoms with van der Waals surface area (Å²) in [6.07, 6.45) is 1.23. The van der Waals surface area contributed by atoms with Gasteiger partial charge in [-0.05, 0) is 24.3 Å². The maximum atomic E-state index is 12.6. The minimum Gasteiger partial charge on any atom is -0.311 e. The van der Waals surface area contributed by atoms with Crippen LogP contribution < -0.4 is 4.90 Å². The van der Waals surface area contributed by atoms with E-state index in [1.807, 2.05) is 30.3 Å². The average molecular weight is 230 g/mol. The first-order chi connectivity index (χ1) is 8.18. The summed E-state index contributed by atoms with van der Waals surface area (Å²) in [5, 5.41) is 0. The van der Waals surface area contributed by atoms with Crippen molar-refractivity contribution < 1.29 is 9.18 Å². The van der Waals surface area contributed by atoms with E-state index in [1.54, 1.807) is 7.05 Å². The molecule has 1 heterocycles. The van der Waals surface area contributed by atoms with Gasteiger partial charge >= 0.3 is 0 Å². The first-order valence-electron chi connectivity index (χ1n) is 5.13. The van der Waals surface area contributed by atoms with Crippen LogP contribution in [0.4, 0.5) is 10.1 Å². The van der Waals surface area contributed by atoms with E-state index in [1.165, 1.54) is 23.2 Å². The number of halogens is 1. The standard InChI is InChI=1S/C13H11FN2O/c1-16(11-5-3-2-4-6-11)13(17)10-7-8-12(14)15-9-10/h2-9H,1H3. The SMILES string of the molecule is CN(C(=O)c1ccc(F)nc1)c1ccccc1. The van der Waals surface area contributed by atoms with Gasteiger partial charge in [0.2, 0.25) is 5.95 Å². The third kappa shape index (κ3) is 2.47. The molecule has 1 aromatic carbocycles. The Hall–Kier alpha value is -2.23. The van der Waals surface area contributed by atoms with Crippen molar-refractivity contribution >= 4 is 11.6 Å². The number of rotatable bonds is 2. The maximum absolute atomic E-state index is 12.6. The molecule has 2 aromatic rings. The predicted molar refractivity (Wildman–Crippen MR) is 63.4 cm³/mol. The smallest absolute Gasteiger partial charge is 0.259 e. The van der Waals surface area contributed by atoms with E-state index in [4.69, 9.17) is 0 Å². The van der Waals surface area contributed by atoms with Crippen molar-refractivity contribution in [3.8, 4) is 0 Å². The minimum atomic E-state index is -0.594. The van der Waals surface area contributed by atoms with E-state index in [0.29, 0.717) is 5.56 Å². The molecule has 86 valence electrons. The number of anilines is 1. The fraction of sp³-hybridized carbons (Fsp3) is 0.0769. The van der Waals surface area contributed by atoms with E-state index in [-0.39, 0.29) is 5.91 Å². The molecular weight excluding hydrogens is 219 g/mol. The second-order valence-corrected chi connectivity index (χ2v) is 3.57. The number of hydrogen-bond acceptors (Lipinski definition) is 2. The van der Waals surface area contributed by atoms with Gasteiger partial charge in [-0.2, -0.15) is 4.39 Å². The molecule has 0 aliphatic heterocycles. The highest BCUT2D eigenvalue weighted by Gasteiger charge is 2.13. The summed E-state index contributed by atoms with van der Waals surface area (Å²) in [5.41, 5.74) is 1.14. The fourth-order valence-electron chi connectivity index (χ4n) is 1.46. The van der Waals surface area contributed by atoms with E-state index in [9.17, 15) is 9.18 Å². The number of benzene rings is 1. The zero-order valence-corrected chi connectivity index (χ0v) is 9.30. The summed E-state index contributed by atoms with van der Waals surface area (Å²) in [7, 11) is 1.67. The monoisotopic (exact) mass is 230 g/mol. The third-order valence-corrected chi connectivity index (χ3v) is 2.42. The summed E-state index contributed by atoms with van der Waals surface area (Å²) in [4.78, 5) is 17.0. The van der Waals surface area contributed by atoms with Crippen LogP contribution in [-0.4, -0.2) is 17.9 Å². The molecule has 0 atom stereocenters. The van der Waals surface area contributed by atoms with E-state index >= 15 is 0 Å². The molecule has 1 aromatic heterocycles. The van der Waals surface area contributed by atoms with Crippen LogP contribution in [0.5, 0.6) is 0 Å². The number of nitrogens with zero attached hydrogens (tertiary/aromatic N) is 2. The Balaban J connectivity index is 2.23. The van der Waals surface area contributed by atoms with Crippen molar-refractivity contribution in [2.75, 3.05) is 11.9 Å². The summed E-state index contributed by atoms with van der Waals surface area (Å²) in [5.74, 6) is -0.812. The molecule has 0 saturated carbocycles. The highest BCUT2D eigenvalue weighted by Crippen LogP contribution is 2.14. The second kappa shape index (κ2) is 4.74. The molecule has 0 aliphatic carbocycles. The van der Waals surface area contributed by atoms with Crippen LogP contribution in [0.2, 0.25) is 0 Å². The number of aromatic nitrogens is 1. The van der Waals surface area contributed by atoms with Crippen molar-refractivity contribution in [3.05, 3.63) is 60.2 Å². The van der Waals surface area contributed by atoms with Crippen LogP contribution in [-0.2, 0) is 0 Å². The molecule has 0 unspecified atom stereocenters. The molecule has 0 radical (unpaired) electrons. The molecule has 0 N–H and O–H groups in total. The van der Waals surface area contributed by atoms with Crippen molar-refractivity contribution in [2.45, 2.75) is 0 Å². The van der Waals surface area contributed by atoms with Gasteiger partial charge in [0.25, 0.3) is 5.91 Å². The molecule has 2 rings (SSSR count). The Labute approximate surface area is 98.5 Å². The molecule has 4 heteroatoms. The van der Waals surface area contributed by atoms with Crippen LogP contribution in [0.15, 0.2) is 48.7 Å². The largest absolute Gasteiger partial charge is 0.311 e. The lowest BCUT2D eigenvalue weighted by Gasteiger charge is -2.16. The second-order valence-electron chi connectivity index (χ2n) is 3.57. The lowest BCUT2D eigenvalue weighted by atomic mass is 10.2. The van der Waals surface area contributed by atoms with Gasteiger partial charge in [0, 0.05) is 18.9 Å². The average Bonchev–Trinajstić information content (AvgIpc) is 2.39. The molecule has 1 amide bonds. The first-order valence-corrected chi connectivity index (χ1v) is 5.13. The van der Waals surface area contributed by atoms with Crippen molar-refractivity contribution in [2.24, 2.45) is 0 Å². The van der Waals surface area contributed by atoms with Gasteiger partial charge in [-0.1, -0.05) is 18.2 Å². The highest BCUT2D eigenvalue weighted by molar-refractivity contribution is 6.05. The lowest BCUT2D eigenvalue weighted by Crippen LogP contribution is -2.26. The molecular formula is C13H11FN2O. The number of carbonyl (C=O) groups is 1. The van der Waals surface area contributed by atoms with Gasteiger partial charge in [0.05, 0.1) is 5.56 Å². The Bertz CT molecular complexity index is 511. The number of pyridine rings is 1. The van der Waals surface area contributed by atoms with Gasteiger partial charge in [-0.15, -0.1) is 0 Å². The maximum Gasteiger partial charge on any atom is 0.259 e. The van der Waals surface area contributed by atoms with Crippen LogP contribution >= 0.6 is 0 Å². The number of amides is 1. The summed E-state index contributed by atoms with van der Waals surface area (Å²) >= 11 is 0. The normalized spacial score (nSPS) is 10.0. The lowest BCUT2D eigenvalue weighted by molar-refractivity contribution is 0.0992. The van der Waals surface area contributed by atoms with Gasteiger partial charge in [0.15, 0.2) is 0 Å². The number of para-hydroxylation sites is 1. The predicted octanol–water partition coefficient (Wildman–Crippen LogP) is 2.50. The number of hydrogen-bond donors (Lipinski definition) is 0.